The number of piperazine rings is 1. The first-order chi connectivity index (χ1) is 11.2. The summed E-state index contributed by atoms with van der Waals surface area (Å²) in [5.41, 5.74) is 0.626. The molecule has 1 amide bonds. The molecule has 24 heavy (non-hydrogen) atoms. The van der Waals surface area contributed by atoms with E-state index in [0.29, 0.717) is 26.2 Å². The van der Waals surface area contributed by atoms with Crippen LogP contribution in [0, 0.1) is 5.92 Å². The second-order valence-corrected chi connectivity index (χ2v) is 10.1. The Labute approximate surface area is 148 Å². The molecule has 0 saturated carbocycles. The number of sulfonamides is 1. The molecule has 0 aliphatic carbocycles. The van der Waals surface area contributed by atoms with Gasteiger partial charge in [0.25, 0.3) is 0 Å². The van der Waals surface area contributed by atoms with Crippen molar-refractivity contribution in [2.75, 3.05) is 43.9 Å². The van der Waals surface area contributed by atoms with Gasteiger partial charge >= 0.3 is 0 Å². The van der Waals surface area contributed by atoms with E-state index in [1.165, 1.54) is 0 Å². The molecule has 2 aliphatic rings. The second kappa shape index (κ2) is 6.40. The fourth-order valence-corrected chi connectivity index (χ4v) is 6.13. The van der Waals surface area contributed by atoms with Gasteiger partial charge in [-0.05, 0) is 30.8 Å². The van der Waals surface area contributed by atoms with E-state index in [2.05, 4.69) is 0 Å². The van der Waals surface area contributed by atoms with E-state index >= 15 is 0 Å². The van der Waals surface area contributed by atoms with Crippen LogP contribution in [-0.2, 0) is 14.8 Å². The van der Waals surface area contributed by atoms with Crippen LogP contribution in [0.25, 0.3) is 0 Å². The van der Waals surface area contributed by atoms with Crippen LogP contribution in [0.15, 0.2) is 16.8 Å². The van der Waals surface area contributed by atoms with E-state index in [4.69, 9.17) is 0 Å². The molecular formula is C16H25N3O3S2. The fourth-order valence-electron chi connectivity index (χ4n) is 3.63. The highest BCUT2D eigenvalue weighted by molar-refractivity contribution is 7.89. The summed E-state index contributed by atoms with van der Waals surface area (Å²) < 4.78 is 26.8. The highest BCUT2D eigenvalue weighted by atomic mass is 32.2. The van der Waals surface area contributed by atoms with Crippen LogP contribution < -0.4 is 4.90 Å². The van der Waals surface area contributed by atoms with Gasteiger partial charge in [0.2, 0.25) is 15.9 Å². The zero-order chi connectivity index (χ0) is 17.5. The van der Waals surface area contributed by atoms with Crippen molar-refractivity contribution in [1.29, 1.82) is 0 Å². The third-order valence-corrected chi connectivity index (χ3v) is 7.85. The van der Waals surface area contributed by atoms with Gasteiger partial charge in [0, 0.05) is 25.0 Å². The summed E-state index contributed by atoms with van der Waals surface area (Å²) in [6, 6.07) is 1.95. The van der Waals surface area contributed by atoms with E-state index < -0.39 is 10.0 Å². The largest absolute Gasteiger partial charge is 0.309 e. The van der Waals surface area contributed by atoms with Crippen LogP contribution in [-0.4, -0.2) is 68.0 Å². The molecule has 1 spiro atoms. The van der Waals surface area contributed by atoms with E-state index in [0.717, 1.165) is 12.1 Å². The van der Waals surface area contributed by atoms with Gasteiger partial charge in [-0.25, -0.2) is 8.42 Å². The number of anilines is 1. The minimum absolute atomic E-state index is 0.0741. The standard InChI is InChI=1S/C16H25N3O3S2/c1-13(2)10-24(21,22)18-6-5-16(11-18)12-19(14-4-7-23-9-14)15(20)8-17(16)3/h4,7,9,13H,5-6,8,10-12H2,1-3H3/t16-/m1/s1. The van der Waals surface area contributed by atoms with Crippen LogP contribution >= 0.6 is 11.3 Å². The second-order valence-electron chi connectivity index (χ2n) is 7.30. The third kappa shape index (κ3) is 3.24. The van der Waals surface area contributed by atoms with Crippen LogP contribution in [0.3, 0.4) is 0 Å². The van der Waals surface area contributed by atoms with Gasteiger partial charge in [0.05, 0.1) is 23.5 Å². The van der Waals surface area contributed by atoms with Crippen molar-refractivity contribution < 1.29 is 13.2 Å². The molecule has 0 aromatic carbocycles. The number of carbonyl (C=O) groups is 1. The number of likely N-dealkylation sites (N-methyl/N-ethyl adjacent to an activating group) is 1. The number of thiophene rings is 1. The number of rotatable bonds is 4. The maximum Gasteiger partial charge on any atom is 0.241 e. The first-order valence-electron chi connectivity index (χ1n) is 8.25. The summed E-state index contributed by atoms with van der Waals surface area (Å²) in [7, 11) is -1.31. The quantitative estimate of drug-likeness (QED) is 0.804. The number of hydrogen-bond donors (Lipinski definition) is 0. The van der Waals surface area contributed by atoms with Crippen LogP contribution in [0.4, 0.5) is 5.69 Å². The van der Waals surface area contributed by atoms with E-state index in [1.807, 2.05) is 47.5 Å². The Morgan fingerprint density at radius 3 is 2.71 bits per heavy atom. The minimum Gasteiger partial charge on any atom is -0.309 e. The normalized spacial score (nSPS) is 26.8. The van der Waals surface area contributed by atoms with Crippen LogP contribution in [0.2, 0.25) is 0 Å². The molecular weight excluding hydrogens is 346 g/mol. The lowest BCUT2D eigenvalue weighted by Crippen LogP contribution is -2.64. The van der Waals surface area contributed by atoms with Gasteiger partial charge in [-0.15, -0.1) is 0 Å². The molecule has 2 saturated heterocycles. The molecule has 0 unspecified atom stereocenters. The van der Waals surface area contributed by atoms with Gasteiger partial charge in [-0.3, -0.25) is 9.69 Å². The molecule has 2 fully saturated rings. The van der Waals surface area contributed by atoms with Crippen molar-refractivity contribution in [3.63, 3.8) is 0 Å². The molecule has 6 nitrogen and oxygen atoms in total. The van der Waals surface area contributed by atoms with Crippen molar-refractivity contribution in [2.45, 2.75) is 25.8 Å². The molecule has 3 heterocycles. The lowest BCUT2D eigenvalue weighted by Gasteiger charge is -2.46. The third-order valence-electron chi connectivity index (χ3n) is 4.99. The van der Waals surface area contributed by atoms with Gasteiger partial charge in [0.15, 0.2) is 0 Å². The Morgan fingerprint density at radius 2 is 2.08 bits per heavy atom. The van der Waals surface area contributed by atoms with Gasteiger partial charge in [-0.2, -0.15) is 15.6 Å². The highest BCUT2D eigenvalue weighted by Gasteiger charge is 2.50. The molecule has 134 valence electrons. The minimum atomic E-state index is -3.24. The van der Waals surface area contributed by atoms with Crippen LogP contribution in [0.5, 0.6) is 0 Å². The molecule has 0 bridgehead atoms. The van der Waals surface area contributed by atoms with Gasteiger partial charge < -0.3 is 4.90 Å². The van der Waals surface area contributed by atoms with Crippen molar-refractivity contribution in [3.8, 4) is 0 Å². The fraction of sp³-hybridized carbons (Fsp3) is 0.688. The predicted octanol–water partition coefficient (Wildman–Crippen LogP) is 1.46. The zero-order valence-corrected chi connectivity index (χ0v) is 16.1. The van der Waals surface area contributed by atoms with E-state index in [-0.39, 0.29) is 23.1 Å². The number of hydrogen-bond acceptors (Lipinski definition) is 5. The molecule has 0 radical (unpaired) electrons. The topological polar surface area (TPSA) is 60.9 Å². The van der Waals surface area contributed by atoms with Crippen molar-refractivity contribution >= 4 is 33.0 Å². The first kappa shape index (κ1) is 17.8. The predicted molar refractivity (Wildman–Crippen MR) is 96.8 cm³/mol. The van der Waals surface area contributed by atoms with Crippen molar-refractivity contribution in [2.24, 2.45) is 5.92 Å². The van der Waals surface area contributed by atoms with Crippen molar-refractivity contribution in [3.05, 3.63) is 16.8 Å². The summed E-state index contributed by atoms with van der Waals surface area (Å²) in [5.74, 6) is 0.365. The Bertz CT molecular complexity index is 702. The molecule has 2 aliphatic heterocycles. The Balaban J connectivity index is 1.81. The molecule has 1 aromatic rings. The van der Waals surface area contributed by atoms with Crippen molar-refractivity contribution in [1.82, 2.24) is 9.21 Å². The molecule has 8 heteroatoms. The SMILES string of the molecule is CC(C)CS(=O)(=O)N1CC[C@]2(CN(c3ccsc3)C(=O)CN2C)C1. The summed E-state index contributed by atoms with van der Waals surface area (Å²) >= 11 is 1.56. The summed E-state index contributed by atoms with van der Waals surface area (Å²) in [5, 5.41) is 3.93. The molecule has 1 aromatic heterocycles. The molecule has 1 atom stereocenters. The maximum atomic E-state index is 12.6. The molecule has 0 N–H and O–H groups in total. The molecule has 3 rings (SSSR count). The smallest absolute Gasteiger partial charge is 0.241 e. The lowest BCUT2D eigenvalue weighted by molar-refractivity contribution is -0.123. The zero-order valence-electron chi connectivity index (χ0n) is 14.4. The Kier molecular flexibility index (Phi) is 4.76. The summed E-state index contributed by atoms with van der Waals surface area (Å²) in [6.45, 7) is 5.72. The Hall–Kier alpha value is -0.960. The van der Waals surface area contributed by atoms with E-state index in [1.54, 1.807) is 15.6 Å². The van der Waals surface area contributed by atoms with Gasteiger partial charge in [0.1, 0.15) is 0 Å². The summed E-state index contributed by atoms with van der Waals surface area (Å²) in [6.07, 6.45) is 0.759. The van der Waals surface area contributed by atoms with E-state index in [9.17, 15) is 13.2 Å². The first-order valence-corrected chi connectivity index (χ1v) is 10.8. The van der Waals surface area contributed by atoms with Gasteiger partial charge in [-0.1, -0.05) is 13.8 Å². The van der Waals surface area contributed by atoms with Crippen LogP contribution in [0.1, 0.15) is 20.3 Å². The summed E-state index contributed by atoms with van der Waals surface area (Å²) in [4.78, 5) is 16.3. The number of amides is 1. The monoisotopic (exact) mass is 371 g/mol. The lowest BCUT2D eigenvalue weighted by atomic mass is 9.93. The average Bonchev–Trinajstić information content (AvgIpc) is 3.13. The highest BCUT2D eigenvalue weighted by Crippen LogP contribution is 2.35. The number of nitrogens with zero attached hydrogens (tertiary/aromatic N) is 3. The number of carbonyl (C=O) groups excluding carboxylic acids is 1. The Morgan fingerprint density at radius 1 is 1.33 bits per heavy atom. The maximum absolute atomic E-state index is 12.6. The average molecular weight is 372 g/mol.